The third-order valence-corrected chi connectivity index (χ3v) is 4.04. The highest BCUT2D eigenvalue weighted by Crippen LogP contribution is 2.38. The molecule has 0 radical (unpaired) electrons. The van der Waals surface area contributed by atoms with E-state index in [0.717, 1.165) is 45.2 Å². The van der Waals surface area contributed by atoms with E-state index in [4.69, 9.17) is 10.5 Å². The zero-order valence-corrected chi connectivity index (χ0v) is 10.3. The molecule has 0 amide bonds. The van der Waals surface area contributed by atoms with Crippen LogP contribution in [0.4, 0.5) is 0 Å². The molecule has 0 aliphatic heterocycles. The first kappa shape index (κ1) is 12.3. The lowest BCUT2D eigenvalue weighted by molar-refractivity contribution is 0.116. The predicted octanol–water partition coefficient (Wildman–Crippen LogP) is 1.52. The van der Waals surface area contributed by atoms with Gasteiger partial charge in [-0.2, -0.15) is 0 Å². The number of nitrogens with one attached hydrogen (secondary N) is 1. The van der Waals surface area contributed by atoms with Gasteiger partial charge in [0, 0.05) is 19.8 Å². The molecule has 0 spiro atoms. The maximum absolute atomic E-state index is 5.81. The molecule has 2 aliphatic carbocycles. The SMILES string of the molecule is NCC1(CNCCCOCC2CC2)CCC1. The van der Waals surface area contributed by atoms with E-state index >= 15 is 0 Å². The van der Waals surface area contributed by atoms with Gasteiger partial charge in [-0.3, -0.25) is 0 Å². The second kappa shape index (κ2) is 5.99. The van der Waals surface area contributed by atoms with Gasteiger partial charge in [-0.25, -0.2) is 0 Å². The quantitative estimate of drug-likeness (QED) is 0.586. The minimum atomic E-state index is 0.439. The van der Waals surface area contributed by atoms with Gasteiger partial charge in [0.05, 0.1) is 0 Å². The fourth-order valence-electron chi connectivity index (χ4n) is 2.32. The van der Waals surface area contributed by atoms with Crippen LogP contribution in [0.5, 0.6) is 0 Å². The average molecular weight is 226 g/mol. The molecule has 0 heterocycles. The van der Waals surface area contributed by atoms with Gasteiger partial charge in [-0.15, -0.1) is 0 Å². The van der Waals surface area contributed by atoms with Crippen molar-refractivity contribution in [1.82, 2.24) is 5.32 Å². The summed E-state index contributed by atoms with van der Waals surface area (Å²) in [4.78, 5) is 0. The molecule has 94 valence electrons. The van der Waals surface area contributed by atoms with Gasteiger partial charge in [-0.05, 0) is 56.5 Å². The Balaban J connectivity index is 1.39. The van der Waals surface area contributed by atoms with Crippen LogP contribution < -0.4 is 11.1 Å². The molecule has 0 saturated heterocycles. The van der Waals surface area contributed by atoms with Crippen molar-refractivity contribution in [2.75, 3.05) is 32.8 Å². The van der Waals surface area contributed by atoms with E-state index in [-0.39, 0.29) is 0 Å². The Morgan fingerprint density at radius 2 is 2.12 bits per heavy atom. The minimum absolute atomic E-state index is 0.439. The van der Waals surface area contributed by atoms with Crippen LogP contribution in [0, 0.1) is 11.3 Å². The summed E-state index contributed by atoms with van der Waals surface area (Å²) in [6.45, 7) is 4.93. The van der Waals surface area contributed by atoms with E-state index < -0.39 is 0 Å². The Labute approximate surface area is 99.1 Å². The number of hydrogen-bond donors (Lipinski definition) is 2. The highest BCUT2D eigenvalue weighted by Gasteiger charge is 2.34. The van der Waals surface area contributed by atoms with E-state index in [2.05, 4.69) is 5.32 Å². The van der Waals surface area contributed by atoms with Crippen molar-refractivity contribution >= 4 is 0 Å². The van der Waals surface area contributed by atoms with Crippen LogP contribution in [0.2, 0.25) is 0 Å². The van der Waals surface area contributed by atoms with Crippen LogP contribution in [0.25, 0.3) is 0 Å². The molecule has 2 aliphatic rings. The smallest absolute Gasteiger partial charge is 0.0494 e. The maximum atomic E-state index is 5.81. The second-order valence-electron chi connectivity index (χ2n) is 5.61. The van der Waals surface area contributed by atoms with Crippen molar-refractivity contribution in [3.63, 3.8) is 0 Å². The lowest BCUT2D eigenvalue weighted by atomic mass is 9.69. The number of ether oxygens (including phenoxy) is 1. The monoisotopic (exact) mass is 226 g/mol. The first-order valence-electron chi connectivity index (χ1n) is 6.83. The van der Waals surface area contributed by atoms with E-state index in [1.807, 2.05) is 0 Å². The Morgan fingerprint density at radius 3 is 2.69 bits per heavy atom. The van der Waals surface area contributed by atoms with E-state index in [1.54, 1.807) is 0 Å². The van der Waals surface area contributed by atoms with Gasteiger partial charge in [-0.1, -0.05) is 6.42 Å². The molecule has 3 N–H and O–H groups in total. The van der Waals surface area contributed by atoms with Crippen LogP contribution in [0.1, 0.15) is 38.5 Å². The molecule has 3 heteroatoms. The topological polar surface area (TPSA) is 47.3 Å². The third-order valence-electron chi connectivity index (χ3n) is 4.04. The van der Waals surface area contributed by atoms with E-state index in [0.29, 0.717) is 5.41 Å². The summed E-state index contributed by atoms with van der Waals surface area (Å²) in [6.07, 6.45) is 7.90. The largest absolute Gasteiger partial charge is 0.381 e. The van der Waals surface area contributed by atoms with Gasteiger partial charge in [0.25, 0.3) is 0 Å². The zero-order chi connectivity index (χ0) is 11.3. The van der Waals surface area contributed by atoms with Crippen LogP contribution in [-0.2, 0) is 4.74 Å². The molecule has 16 heavy (non-hydrogen) atoms. The highest BCUT2D eigenvalue weighted by atomic mass is 16.5. The van der Waals surface area contributed by atoms with E-state index in [1.165, 1.54) is 32.1 Å². The number of rotatable bonds is 9. The molecular formula is C13H26N2O. The van der Waals surface area contributed by atoms with Gasteiger partial charge in [0.2, 0.25) is 0 Å². The Hall–Kier alpha value is -0.120. The van der Waals surface area contributed by atoms with Crippen LogP contribution >= 0.6 is 0 Å². The van der Waals surface area contributed by atoms with E-state index in [9.17, 15) is 0 Å². The number of hydrogen-bond acceptors (Lipinski definition) is 3. The Kier molecular flexibility index (Phi) is 4.62. The Morgan fingerprint density at radius 1 is 1.31 bits per heavy atom. The normalized spacial score (nSPS) is 23.1. The minimum Gasteiger partial charge on any atom is -0.381 e. The first-order valence-corrected chi connectivity index (χ1v) is 6.83. The molecule has 0 bridgehead atoms. The predicted molar refractivity (Wildman–Crippen MR) is 66.4 cm³/mol. The average Bonchev–Trinajstić information content (AvgIpc) is 3.04. The van der Waals surface area contributed by atoms with Gasteiger partial charge < -0.3 is 15.8 Å². The van der Waals surface area contributed by atoms with Crippen molar-refractivity contribution in [3.05, 3.63) is 0 Å². The maximum Gasteiger partial charge on any atom is 0.0494 e. The molecule has 0 aromatic carbocycles. The third kappa shape index (κ3) is 3.72. The second-order valence-corrected chi connectivity index (χ2v) is 5.61. The number of nitrogens with two attached hydrogens (primary N) is 1. The van der Waals surface area contributed by atoms with Crippen molar-refractivity contribution in [2.24, 2.45) is 17.1 Å². The van der Waals surface area contributed by atoms with Crippen molar-refractivity contribution in [3.8, 4) is 0 Å². The van der Waals surface area contributed by atoms with Crippen molar-refractivity contribution in [1.29, 1.82) is 0 Å². The molecule has 3 nitrogen and oxygen atoms in total. The summed E-state index contributed by atoms with van der Waals surface area (Å²) in [5, 5.41) is 3.52. The molecular weight excluding hydrogens is 200 g/mol. The fraction of sp³-hybridized carbons (Fsp3) is 1.00. The summed E-state index contributed by atoms with van der Waals surface area (Å²) in [6, 6.07) is 0. The molecule has 0 aromatic rings. The zero-order valence-electron chi connectivity index (χ0n) is 10.3. The van der Waals surface area contributed by atoms with Gasteiger partial charge in [0.15, 0.2) is 0 Å². The summed E-state index contributed by atoms with van der Waals surface area (Å²) in [5.74, 6) is 0.892. The van der Waals surface area contributed by atoms with Crippen molar-refractivity contribution in [2.45, 2.75) is 38.5 Å². The standard InChI is InChI=1S/C13H26N2O/c14-10-13(5-1-6-13)11-15-7-2-8-16-9-12-3-4-12/h12,15H,1-11,14H2. The molecule has 0 atom stereocenters. The molecule has 2 saturated carbocycles. The Bertz CT molecular complexity index is 195. The van der Waals surface area contributed by atoms with Gasteiger partial charge >= 0.3 is 0 Å². The highest BCUT2D eigenvalue weighted by molar-refractivity contribution is 4.90. The first-order chi connectivity index (χ1) is 7.85. The summed E-state index contributed by atoms with van der Waals surface area (Å²) < 4.78 is 5.59. The fourth-order valence-corrected chi connectivity index (χ4v) is 2.32. The summed E-state index contributed by atoms with van der Waals surface area (Å²) in [7, 11) is 0. The lowest BCUT2D eigenvalue weighted by Crippen LogP contribution is -2.45. The summed E-state index contributed by atoms with van der Waals surface area (Å²) in [5.41, 5.74) is 6.25. The lowest BCUT2D eigenvalue weighted by Gasteiger charge is -2.41. The molecule has 2 rings (SSSR count). The van der Waals surface area contributed by atoms with Crippen molar-refractivity contribution < 1.29 is 4.74 Å². The summed E-state index contributed by atoms with van der Waals surface area (Å²) >= 11 is 0. The molecule has 2 fully saturated rings. The van der Waals surface area contributed by atoms with Crippen LogP contribution in [0.3, 0.4) is 0 Å². The van der Waals surface area contributed by atoms with Gasteiger partial charge in [0.1, 0.15) is 0 Å². The van der Waals surface area contributed by atoms with Crippen LogP contribution in [-0.4, -0.2) is 32.8 Å². The molecule has 0 unspecified atom stereocenters. The van der Waals surface area contributed by atoms with Crippen LogP contribution in [0.15, 0.2) is 0 Å². The molecule has 0 aromatic heterocycles.